The molecular formula is C17H32IN5. The second kappa shape index (κ2) is 7.87. The molecule has 0 bridgehead atoms. The standard InChI is InChI=1S/C17H31N5.HI/c1-18-17(20-14-7-9-22(12-14)16-4-5-16)19-10-13-6-8-21(11-13)15-2-3-15;/h13-16H,2-12H2,1H3,(H2,18,19,20);1H. The third-order valence-electron chi connectivity index (χ3n) is 5.79. The van der Waals surface area contributed by atoms with E-state index in [1.165, 1.54) is 64.7 Å². The Kier molecular flexibility index (Phi) is 6.07. The molecule has 0 amide bonds. The molecule has 2 N–H and O–H groups in total. The zero-order valence-corrected chi connectivity index (χ0v) is 16.7. The molecule has 132 valence electrons. The number of nitrogens with zero attached hydrogens (tertiary/aromatic N) is 3. The van der Waals surface area contributed by atoms with E-state index in [4.69, 9.17) is 0 Å². The van der Waals surface area contributed by atoms with Crippen LogP contribution in [0.25, 0.3) is 0 Å². The minimum absolute atomic E-state index is 0. The molecule has 0 radical (unpaired) electrons. The Labute approximate surface area is 157 Å². The molecule has 2 unspecified atom stereocenters. The molecule has 0 aromatic heterocycles. The van der Waals surface area contributed by atoms with Crippen molar-refractivity contribution in [3.8, 4) is 0 Å². The SMILES string of the molecule is CN=C(NCC1CCN(C2CC2)C1)NC1CCN(C2CC2)C1.I. The first-order chi connectivity index (χ1) is 10.8. The Balaban J connectivity index is 0.00000156. The van der Waals surface area contributed by atoms with Gasteiger partial charge in [0.1, 0.15) is 0 Å². The molecule has 23 heavy (non-hydrogen) atoms. The minimum Gasteiger partial charge on any atom is -0.356 e. The molecule has 4 fully saturated rings. The average Bonchev–Trinajstić information content (AvgIpc) is 3.47. The van der Waals surface area contributed by atoms with Crippen LogP contribution in [-0.4, -0.2) is 73.7 Å². The Morgan fingerprint density at radius 3 is 2.26 bits per heavy atom. The smallest absolute Gasteiger partial charge is 0.191 e. The molecule has 2 atom stereocenters. The Bertz CT molecular complexity index is 421. The lowest BCUT2D eigenvalue weighted by Crippen LogP contribution is -2.46. The molecule has 2 aliphatic carbocycles. The summed E-state index contributed by atoms with van der Waals surface area (Å²) < 4.78 is 0. The Hall–Kier alpha value is -0.0800. The fraction of sp³-hybridized carbons (Fsp3) is 0.941. The highest BCUT2D eigenvalue weighted by atomic mass is 127. The van der Waals surface area contributed by atoms with Crippen molar-refractivity contribution in [2.24, 2.45) is 10.9 Å². The third kappa shape index (κ3) is 4.72. The fourth-order valence-electron chi connectivity index (χ4n) is 4.11. The highest BCUT2D eigenvalue weighted by molar-refractivity contribution is 14.0. The maximum absolute atomic E-state index is 4.43. The van der Waals surface area contributed by atoms with Gasteiger partial charge in [0.2, 0.25) is 0 Å². The normalized spacial score (nSPS) is 32.8. The zero-order chi connectivity index (χ0) is 14.9. The first-order valence-corrected chi connectivity index (χ1v) is 9.27. The summed E-state index contributed by atoms with van der Waals surface area (Å²) in [6, 6.07) is 2.40. The summed E-state index contributed by atoms with van der Waals surface area (Å²) in [5.41, 5.74) is 0. The van der Waals surface area contributed by atoms with E-state index in [9.17, 15) is 0 Å². The van der Waals surface area contributed by atoms with Gasteiger partial charge in [0.25, 0.3) is 0 Å². The number of hydrogen-bond acceptors (Lipinski definition) is 3. The maximum atomic E-state index is 4.43. The van der Waals surface area contributed by atoms with Crippen molar-refractivity contribution < 1.29 is 0 Å². The second-order valence-electron chi connectivity index (χ2n) is 7.69. The van der Waals surface area contributed by atoms with Gasteiger partial charge in [-0.2, -0.15) is 0 Å². The first-order valence-electron chi connectivity index (χ1n) is 9.27. The molecule has 4 rings (SSSR count). The maximum Gasteiger partial charge on any atom is 0.191 e. The summed E-state index contributed by atoms with van der Waals surface area (Å²) in [7, 11) is 1.90. The van der Waals surface area contributed by atoms with Crippen LogP contribution in [0, 0.1) is 5.92 Å². The molecule has 2 saturated heterocycles. The summed E-state index contributed by atoms with van der Waals surface area (Å²) in [4.78, 5) is 9.76. The van der Waals surface area contributed by atoms with Gasteiger partial charge >= 0.3 is 0 Å². The lowest BCUT2D eigenvalue weighted by molar-refractivity contribution is 0.313. The number of halogens is 1. The number of rotatable bonds is 5. The lowest BCUT2D eigenvalue weighted by atomic mass is 10.1. The van der Waals surface area contributed by atoms with Crippen LogP contribution >= 0.6 is 24.0 Å². The highest BCUT2D eigenvalue weighted by Crippen LogP contribution is 2.31. The third-order valence-corrected chi connectivity index (χ3v) is 5.79. The quantitative estimate of drug-likeness (QED) is 0.392. The van der Waals surface area contributed by atoms with Crippen LogP contribution in [0.1, 0.15) is 38.5 Å². The minimum atomic E-state index is 0. The summed E-state index contributed by atoms with van der Waals surface area (Å²) in [6.45, 7) is 6.13. The fourth-order valence-corrected chi connectivity index (χ4v) is 4.11. The molecular weight excluding hydrogens is 401 g/mol. The average molecular weight is 433 g/mol. The van der Waals surface area contributed by atoms with Crippen LogP contribution in [0.3, 0.4) is 0 Å². The van der Waals surface area contributed by atoms with Crippen molar-refractivity contribution in [2.75, 3.05) is 39.8 Å². The molecule has 0 spiro atoms. The van der Waals surface area contributed by atoms with Gasteiger partial charge in [0.15, 0.2) is 5.96 Å². The number of aliphatic imine (C=N–C) groups is 1. The van der Waals surface area contributed by atoms with E-state index >= 15 is 0 Å². The van der Waals surface area contributed by atoms with Gasteiger partial charge in [-0.15, -0.1) is 24.0 Å². The second-order valence-corrected chi connectivity index (χ2v) is 7.69. The number of likely N-dealkylation sites (tertiary alicyclic amines) is 2. The van der Waals surface area contributed by atoms with E-state index in [0.717, 1.165) is 30.5 Å². The van der Waals surface area contributed by atoms with Gasteiger partial charge in [0.05, 0.1) is 0 Å². The number of hydrogen-bond donors (Lipinski definition) is 2. The molecule has 2 heterocycles. The van der Waals surface area contributed by atoms with Crippen molar-refractivity contribution in [1.82, 2.24) is 20.4 Å². The molecule has 0 aromatic carbocycles. The largest absolute Gasteiger partial charge is 0.356 e. The van der Waals surface area contributed by atoms with Crippen molar-refractivity contribution in [1.29, 1.82) is 0 Å². The highest BCUT2D eigenvalue weighted by Gasteiger charge is 2.35. The van der Waals surface area contributed by atoms with E-state index in [1.807, 2.05) is 7.05 Å². The number of nitrogens with one attached hydrogen (secondary N) is 2. The van der Waals surface area contributed by atoms with Crippen LogP contribution in [0.4, 0.5) is 0 Å². The topological polar surface area (TPSA) is 42.9 Å². The van der Waals surface area contributed by atoms with E-state index in [-0.39, 0.29) is 24.0 Å². The van der Waals surface area contributed by atoms with E-state index in [0.29, 0.717) is 6.04 Å². The van der Waals surface area contributed by atoms with Gasteiger partial charge in [-0.25, -0.2) is 0 Å². The predicted molar refractivity (Wildman–Crippen MR) is 106 cm³/mol. The van der Waals surface area contributed by atoms with E-state index < -0.39 is 0 Å². The summed E-state index contributed by atoms with van der Waals surface area (Å²) in [5, 5.41) is 7.20. The first kappa shape index (κ1) is 17.7. The van der Waals surface area contributed by atoms with Gasteiger partial charge in [-0.3, -0.25) is 9.89 Å². The van der Waals surface area contributed by atoms with E-state index in [2.05, 4.69) is 25.4 Å². The van der Waals surface area contributed by atoms with E-state index in [1.54, 1.807) is 0 Å². The van der Waals surface area contributed by atoms with Crippen LogP contribution in [-0.2, 0) is 0 Å². The summed E-state index contributed by atoms with van der Waals surface area (Å²) in [5.74, 6) is 1.80. The molecule has 2 aliphatic heterocycles. The molecule has 4 aliphatic rings. The Morgan fingerprint density at radius 1 is 0.957 bits per heavy atom. The molecule has 6 heteroatoms. The van der Waals surface area contributed by atoms with Crippen molar-refractivity contribution in [3.63, 3.8) is 0 Å². The van der Waals surface area contributed by atoms with Crippen molar-refractivity contribution in [2.45, 2.75) is 56.7 Å². The summed E-state index contributed by atoms with van der Waals surface area (Å²) >= 11 is 0. The number of guanidine groups is 1. The van der Waals surface area contributed by atoms with Gasteiger partial charge in [-0.05, 0) is 51.0 Å². The monoisotopic (exact) mass is 433 g/mol. The van der Waals surface area contributed by atoms with Gasteiger partial charge in [-0.1, -0.05) is 0 Å². The molecule has 5 nitrogen and oxygen atoms in total. The van der Waals surface area contributed by atoms with Crippen LogP contribution in [0.5, 0.6) is 0 Å². The Morgan fingerprint density at radius 2 is 1.61 bits per heavy atom. The van der Waals surface area contributed by atoms with Crippen molar-refractivity contribution in [3.05, 3.63) is 0 Å². The lowest BCUT2D eigenvalue weighted by Gasteiger charge is -2.20. The molecule has 2 saturated carbocycles. The zero-order valence-electron chi connectivity index (χ0n) is 14.3. The van der Waals surface area contributed by atoms with Gasteiger partial charge in [0, 0.05) is 51.4 Å². The summed E-state index contributed by atoms with van der Waals surface area (Å²) in [6.07, 6.45) is 8.30. The van der Waals surface area contributed by atoms with Crippen LogP contribution < -0.4 is 10.6 Å². The molecule has 0 aromatic rings. The van der Waals surface area contributed by atoms with Crippen LogP contribution in [0.2, 0.25) is 0 Å². The van der Waals surface area contributed by atoms with Gasteiger partial charge < -0.3 is 15.5 Å². The van der Waals surface area contributed by atoms with Crippen molar-refractivity contribution >= 4 is 29.9 Å². The predicted octanol–water partition coefficient (Wildman–Crippen LogP) is 1.49. The van der Waals surface area contributed by atoms with Crippen LogP contribution in [0.15, 0.2) is 4.99 Å².